The quantitative estimate of drug-likeness (QED) is 0.285. The Morgan fingerprint density at radius 3 is 2.40 bits per heavy atom. The minimum atomic E-state index is -0.423. The van der Waals surface area contributed by atoms with Gasteiger partial charge in [-0.25, -0.2) is 0 Å². The third-order valence-electron chi connectivity index (χ3n) is 6.50. The van der Waals surface area contributed by atoms with Gasteiger partial charge in [-0.3, -0.25) is 24.2 Å². The van der Waals surface area contributed by atoms with E-state index in [1.807, 2.05) is 18.2 Å². The molecule has 0 aliphatic carbocycles. The number of fused-ring (bicyclic) bond motifs is 1. The topological polar surface area (TPSA) is 88.2 Å². The molecule has 0 saturated carbocycles. The normalized spacial score (nSPS) is 16.4. The van der Waals surface area contributed by atoms with E-state index in [9.17, 15) is 14.4 Å². The molecule has 1 saturated heterocycles. The molecule has 3 aromatic carbocycles. The van der Waals surface area contributed by atoms with Crippen molar-refractivity contribution in [1.82, 2.24) is 4.90 Å². The van der Waals surface area contributed by atoms with Crippen LogP contribution in [0.3, 0.4) is 0 Å². The lowest BCUT2D eigenvalue weighted by Gasteiger charge is -2.17. The number of hydrogen-bond donors (Lipinski definition) is 1. The van der Waals surface area contributed by atoms with E-state index < -0.39 is 5.91 Å². The van der Waals surface area contributed by atoms with Crippen molar-refractivity contribution in [2.24, 2.45) is 0 Å². The molecular formula is C29H24ClN3O5S2. The number of nitrogens with zero attached hydrogens (tertiary/aromatic N) is 2. The smallest absolute Gasteiger partial charge is 0.267 e. The Hall–Kier alpha value is -3.86. The maximum absolute atomic E-state index is 13.7. The van der Waals surface area contributed by atoms with Crippen molar-refractivity contribution in [2.45, 2.75) is 6.42 Å². The second-order valence-electron chi connectivity index (χ2n) is 8.93. The number of para-hydroxylation sites is 1. The SMILES string of the molecule is COc1ccc(CCN2C(=O)/C(=C3/C(=O)N(CC(=O)Nc4ccc(Cl)cc4)c4ccccc43)SC2=S)cc1OC. The van der Waals surface area contributed by atoms with Gasteiger partial charge < -0.3 is 14.8 Å². The number of anilines is 2. The number of methoxy groups -OCH3 is 2. The first-order valence-electron chi connectivity index (χ1n) is 12.3. The van der Waals surface area contributed by atoms with E-state index in [0.717, 1.165) is 17.3 Å². The number of carbonyl (C=O) groups is 3. The zero-order valence-corrected chi connectivity index (χ0v) is 24.0. The van der Waals surface area contributed by atoms with Gasteiger partial charge in [0.15, 0.2) is 11.5 Å². The van der Waals surface area contributed by atoms with Crippen molar-refractivity contribution < 1.29 is 23.9 Å². The van der Waals surface area contributed by atoms with Crippen LogP contribution in [0.2, 0.25) is 5.02 Å². The number of thiocarbonyl (C=S) groups is 1. The van der Waals surface area contributed by atoms with Gasteiger partial charge in [0.1, 0.15) is 10.9 Å². The number of amides is 3. The van der Waals surface area contributed by atoms with Crippen LogP contribution in [0, 0.1) is 0 Å². The molecule has 11 heteroatoms. The van der Waals surface area contributed by atoms with Crippen LogP contribution in [-0.2, 0) is 20.8 Å². The number of benzene rings is 3. The Morgan fingerprint density at radius 1 is 0.950 bits per heavy atom. The Balaban J connectivity index is 1.36. The summed E-state index contributed by atoms with van der Waals surface area (Å²) in [6, 6.07) is 19.4. The summed E-state index contributed by atoms with van der Waals surface area (Å²) in [6.07, 6.45) is 0.525. The minimum absolute atomic E-state index is 0.221. The maximum Gasteiger partial charge on any atom is 0.267 e. The summed E-state index contributed by atoms with van der Waals surface area (Å²) in [7, 11) is 3.14. The summed E-state index contributed by atoms with van der Waals surface area (Å²) in [6.45, 7) is 0.113. The molecule has 0 aromatic heterocycles. The molecule has 0 atom stereocenters. The van der Waals surface area contributed by atoms with Gasteiger partial charge in [0.05, 0.1) is 30.4 Å². The molecule has 0 bridgehead atoms. The predicted octanol–water partition coefficient (Wildman–Crippen LogP) is 5.16. The highest BCUT2D eigenvalue weighted by Crippen LogP contribution is 2.44. The van der Waals surface area contributed by atoms with Gasteiger partial charge in [-0.15, -0.1) is 0 Å². The average molecular weight is 594 g/mol. The lowest BCUT2D eigenvalue weighted by Crippen LogP contribution is -2.35. The van der Waals surface area contributed by atoms with Gasteiger partial charge >= 0.3 is 0 Å². The highest BCUT2D eigenvalue weighted by atomic mass is 35.5. The lowest BCUT2D eigenvalue weighted by molar-refractivity contribution is -0.122. The van der Waals surface area contributed by atoms with E-state index >= 15 is 0 Å². The van der Waals surface area contributed by atoms with Gasteiger partial charge in [-0.1, -0.05) is 59.8 Å². The molecule has 2 heterocycles. The number of nitrogens with one attached hydrogen (secondary N) is 1. The van der Waals surface area contributed by atoms with E-state index in [-0.39, 0.29) is 28.8 Å². The molecule has 0 spiro atoms. The molecular weight excluding hydrogens is 570 g/mol. The Morgan fingerprint density at radius 2 is 1.68 bits per heavy atom. The minimum Gasteiger partial charge on any atom is -0.493 e. The van der Waals surface area contributed by atoms with Gasteiger partial charge in [0.25, 0.3) is 11.8 Å². The van der Waals surface area contributed by atoms with Crippen LogP contribution in [0.5, 0.6) is 11.5 Å². The number of carbonyl (C=O) groups excluding carboxylic acids is 3. The van der Waals surface area contributed by atoms with Crippen molar-refractivity contribution in [3.8, 4) is 11.5 Å². The Bertz CT molecular complexity index is 1560. The molecule has 40 heavy (non-hydrogen) atoms. The highest BCUT2D eigenvalue weighted by Gasteiger charge is 2.42. The summed E-state index contributed by atoms with van der Waals surface area (Å²) in [5, 5.41) is 3.33. The van der Waals surface area contributed by atoms with Crippen molar-refractivity contribution in [3.05, 3.63) is 87.8 Å². The molecule has 0 radical (unpaired) electrons. The molecule has 2 aliphatic heterocycles. The monoisotopic (exact) mass is 593 g/mol. The molecule has 204 valence electrons. The third-order valence-corrected chi connectivity index (χ3v) is 8.20. The van der Waals surface area contributed by atoms with Gasteiger partial charge in [-0.05, 0) is 54.4 Å². The molecule has 1 fully saturated rings. The van der Waals surface area contributed by atoms with E-state index in [0.29, 0.717) is 50.7 Å². The summed E-state index contributed by atoms with van der Waals surface area (Å²) in [5.41, 5.74) is 2.90. The first-order chi connectivity index (χ1) is 19.3. The molecule has 3 amide bonds. The Labute approximate surface area is 245 Å². The second-order valence-corrected chi connectivity index (χ2v) is 11.0. The first-order valence-corrected chi connectivity index (χ1v) is 13.9. The van der Waals surface area contributed by atoms with Crippen molar-refractivity contribution >= 4 is 74.6 Å². The van der Waals surface area contributed by atoms with Crippen molar-refractivity contribution in [3.63, 3.8) is 0 Å². The fourth-order valence-electron chi connectivity index (χ4n) is 4.55. The van der Waals surface area contributed by atoms with E-state index in [2.05, 4.69) is 5.32 Å². The van der Waals surface area contributed by atoms with Crippen molar-refractivity contribution in [1.29, 1.82) is 0 Å². The summed E-state index contributed by atoms with van der Waals surface area (Å²) in [5.74, 6) is 0.0791. The fraction of sp³-hybridized carbons (Fsp3) is 0.172. The van der Waals surface area contributed by atoms with Crippen LogP contribution >= 0.6 is 35.6 Å². The molecule has 2 aliphatic rings. The summed E-state index contributed by atoms with van der Waals surface area (Å²) in [4.78, 5) is 43.2. The van der Waals surface area contributed by atoms with Crippen LogP contribution in [0.4, 0.5) is 11.4 Å². The number of rotatable bonds is 8. The van der Waals surface area contributed by atoms with Crippen LogP contribution < -0.4 is 19.7 Å². The number of halogens is 1. The van der Waals surface area contributed by atoms with Crippen LogP contribution in [0.1, 0.15) is 11.1 Å². The molecule has 1 N–H and O–H groups in total. The van der Waals surface area contributed by atoms with Gasteiger partial charge in [-0.2, -0.15) is 0 Å². The largest absolute Gasteiger partial charge is 0.493 e. The number of hydrogen-bond acceptors (Lipinski definition) is 7. The van der Waals surface area contributed by atoms with E-state index in [1.54, 1.807) is 62.8 Å². The third kappa shape index (κ3) is 5.42. The fourth-order valence-corrected chi connectivity index (χ4v) is 6.06. The van der Waals surface area contributed by atoms with Gasteiger partial charge in [0.2, 0.25) is 5.91 Å². The van der Waals surface area contributed by atoms with Crippen LogP contribution in [0.25, 0.3) is 5.57 Å². The second kappa shape index (κ2) is 11.7. The average Bonchev–Trinajstić information content (AvgIpc) is 3.39. The molecule has 0 unspecified atom stereocenters. The zero-order chi connectivity index (χ0) is 28.4. The summed E-state index contributed by atoms with van der Waals surface area (Å²) < 4.78 is 11.0. The summed E-state index contributed by atoms with van der Waals surface area (Å²) >= 11 is 12.6. The number of thioether (sulfide) groups is 1. The van der Waals surface area contributed by atoms with Crippen molar-refractivity contribution in [2.75, 3.05) is 37.5 Å². The maximum atomic E-state index is 13.7. The Kier molecular flexibility index (Phi) is 8.11. The zero-order valence-electron chi connectivity index (χ0n) is 21.6. The van der Waals surface area contributed by atoms with E-state index in [1.165, 1.54) is 9.80 Å². The predicted molar refractivity (Wildman–Crippen MR) is 161 cm³/mol. The first kappa shape index (κ1) is 27.7. The highest BCUT2D eigenvalue weighted by molar-refractivity contribution is 8.26. The molecule has 5 rings (SSSR count). The van der Waals surface area contributed by atoms with E-state index in [4.69, 9.17) is 33.3 Å². The van der Waals surface area contributed by atoms with Crippen LogP contribution in [0.15, 0.2) is 71.6 Å². The molecule has 3 aromatic rings. The lowest BCUT2D eigenvalue weighted by atomic mass is 10.1. The number of ether oxygens (including phenoxy) is 2. The van der Waals surface area contributed by atoms with Gasteiger partial charge in [0, 0.05) is 22.8 Å². The standard InChI is InChI=1S/C29H24ClN3O5S2/c1-37-22-12-7-17(15-23(22)38-2)13-14-32-28(36)26(40-29(32)39)25-20-5-3-4-6-21(20)33(27(25)35)16-24(34)31-19-10-8-18(30)9-11-19/h3-12,15H,13-14,16H2,1-2H3,(H,31,34)/b26-25-. The van der Waals surface area contributed by atoms with Crippen LogP contribution in [-0.4, -0.2) is 54.3 Å². The molecule has 8 nitrogen and oxygen atoms in total.